The van der Waals surface area contributed by atoms with Crippen LogP contribution in [0.1, 0.15) is 5.56 Å². The zero-order chi connectivity index (χ0) is 14.2. The molecule has 2 rings (SSSR count). The van der Waals surface area contributed by atoms with Gasteiger partial charge in [-0.25, -0.2) is 4.39 Å². The molecule has 1 aromatic heterocycles. The van der Waals surface area contributed by atoms with Crippen molar-refractivity contribution in [3.05, 3.63) is 46.9 Å². The fraction of sp³-hybridized carbons (Fsp3) is 0.0833. The Morgan fingerprint density at radius 1 is 1.16 bits per heavy atom. The van der Waals surface area contributed by atoms with Gasteiger partial charge in [0.15, 0.2) is 11.6 Å². The molecule has 0 atom stereocenters. The van der Waals surface area contributed by atoms with E-state index in [1.807, 2.05) is 0 Å². The van der Waals surface area contributed by atoms with Crippen LogP contribution in [0.4, 0.5) is 17.6 Å². The monoisotopic (exact) mass is 291 g/mol. The summed E-state index contributed by atoms with van der Waals surface area (Å²) >= 11 is 5.72. The third-order valence-corrected chi connectivity index (χ3v) is 2.68. The van der Waals surface area contributed by atoms with E-state index in [2.05, 4.69) is 4.98 Å². The van der Waals surface area contributed by atoms with E-state index in [1.165, 1.54) is 6.07 Å². The zero-order valence-corrected chi connectivity index (χ0v) is 9.93. The first-order valence-corrected chi connectivity index (χ1v) is 5.38. The van der Waals surface area contributed by atoms with Crippen molar-refractivity contribution in [3.63, 3.8) is 0 Å². The number of benzene rings is 1. The van der Waals surface area contributed by atoms with Crippen LogP contribution in [0, 0.1) is 5.82 Å². The van der Waals surface area contributed by atoms with Gasteiger partial charge in [-0.05, 0) is 24.3 Å². The summed E-state index contributed by atoms with van der Waals surface area (Å²) in [4.78, 5) is 3.60. The highest BCUT2D eigenvalue weighted by Gasteiger charge is 2.31. The number of halogens is 5. The van der Waals surface area contributed by atoms with Crippen molar-refractivity contribution in [1.29, 1.82) is 0 Å². The smallest absolute Gasteiger partial charge is 0.417 e. The number of alkyl halides is 3. The van der Waals surface area contributed by atoms with Crippen LogP contribution in [0.2, 0.25) is 5.02 Å². The van der Waals surface area contributed by atoms with E-state index in [4.69, 9.17) is 11.6 Å². The number of phenolic OH excluding ortho intramolecular Hbond substituents is 1. The molecule has 1 N–H and O–H groups in total. The quantitative estimate of drug-likeness (QED) is 0.796. The van der Waals surface area contributed by atoms with Gasteiger partial charge in [0.1, 0.15) is 0 Å². The predicted molar refractivity (Wildman–Crippen MR) is 61.3 cm³/mol. The molecule has 0 spiro atoms. The van der Waals surface area contributed by atoms with Crippen molar-refractivity contribution in [2.75, 3.05) is 0 Å². The largest absolute Gasteiger partial charge is 0.505 e. The van der Waals surface area contributed by atoms with Gasteiger partial charge in [-0.15, -0.1) is 0 Å². The lowest BCUT2D eigenvalue weighted by molar-refractivity contribution is -0.137. The average Bonchev–Trinajstić information content (AvgIpc) is 2.31. The lowest BCUT2D eigenvalue weighted by atomic mass is 10.1. The Labute approximate surface area is 110 Å². The molecule has 19 heavy (non-hydrogen) atoms. The average molecular weight is 292 g/mol. The van der Waals surface area contributed by atoms with Crippen LogP contribution in [0.3, 0.4) is 0 Å². The minimum atomic E-state index is -4.54. The Hall–Kier alpha value is -1.82. The number of aromatic hydroxyl groups is 1. The van der Waals surface area contributed by atoms with Crippen molar-refractivity contribution in [3.8, 4) is 17.0 Å². The van der Waals surface area contributed by atoms with Gasteiger partial charge >= 0.3 is 6.18 Å². The molecule has 0 fully saturated rings. The van der Waals surface area contributed by atoms with Gasteiger partial charge in [0, 0.05) is 11.8 Å². The van der Waals surface area contributed by atoms with Gasteiger partial charge in [-0.2, -0.15) is 13.2 Å². The molecule has 0 unspecified atom stereocenters. The third-order valence-electron chi connectivity index (χ3n) is 2.39. The molecule has 0 aliphatic heterocycles. The summed E-state index contributed by atoms with van der Waals surface area (Å²) in [5.41, 5.74) is -0.727. The SMILES string of the molecule is Oc1cc(-c2ncc(C(F)(F)F)cc2Cl)ccc1F. The highest BCUT2D eigenvalue weighted by atomic mass is 35.5. The molecule has 0 aliphatic carbocycles. The standard InChI is InChI=1S/C12H6ClF4NO/c13-8-4-7(12(15,16)17)5-18-11(8)6-1-2-9(14)10(19)3-6/h1-5,19H. The number of pyridine rings is 1. The Morgan fingerprint density at radius 3 is 2.37 bits per heavy atom. The molecule has 1 heterocycles. The van der Waals surface area contributed by atoms with Crippen LogP contribution in [0.15, 0.2) is 30.5 Å². The molecule has 0 saturated carbocycles. The number of phenols is 1. The van der Waals surface area contributed by atoms with Crippen molar-refractivity contribution in [1.82, 2.24) is 4.98 Å². The van der Waals surface area contributed by atoms with Gasteiger partial charge in [0.2, 0.25) is 0 Å². The van der Waals surface area contributed by atoms with Crippen LogP contribution in [0.5, 0.6) is 5.75 Å². The summed E-state index contributed by atoms with van der Waals surface area (Å²) in [6.45, 7) is 0. The first-order chi connectivity index (χ1) is 8.79. The van der Waals surface area contributed by atoms with Crippen LogP contribution < -0.4 is 0 Å². The summed E-state index contributed by atoms with van der Waals surface area (Å²) in [6, 6.07) is 4.00. The molecule has 0 amide bonds. The van der Waals surface area contributed by atoms with Crippen molar-refractivity contribution in [2.45, 2.75) is 6.18 Å². The first-order valence-electron chi connectivity index (χ1n) is 5.00. The second-order valence-electron chi connectivity index (χ2n) is 3.72. The summed E-state index contributed by atoms with van der Waals surface area (Å²) in [6.07, 6.45) is -3.91. The summed E-state index contributed by atoms with van der Waals surface area (Å²) in [7, 11) is 0. The number of rotatable bonds is 1. The Kier molecular flexibility index (Phi) is 3.36. The molecule has 1 aromatic carbocycles. The van der Waals surface area contributed by atoms with Crippen molar-refractivity contribution < 1.29 is 22.7 Å². The number of aromatic nitrogens is 1. The number of hydrogen-bond donors (Lipinski definition) is 1. The normalized spacial score (nSPS) is 11.6. The topological polar surface area (TPSA) is 33.1 Å². The molecule has 100 valence electrons. The van der Waals surface area contributed by atoms with Crippen LogP contribution in [-0.4, -0.2) is 10.1 Å². The van der Waals surface area contributed by atoms with Crippen LogP contribution in [0.25, 0.3) is 11.3 Å². The zero-order valence-electron chi connectivity index (χ0n) is 9.17. The van der Waals surface area contributed by atoms with Gasteiger partial charge in [0.25, 0.3) is 0 Å². The third kappa shape index (κ3) is 2.78. The van der Waals surface area contributed by atoms with Gasteiger partial charge in [0.05, 0.1) is 16.3 Å². The van der Waals surface area contributed by atoms with E-state index in [-0.39, 0.29) is 16.3 Å². The van der Waals surface area contributed by atoms with Crippen molar-refractivity contribution >= 4 is 11.6 Å². The minimum Gasteiger partial charge on any atom is -0.505 e. The van der Waals surface area contributed by atoms with Gasteiger partial charge in [-0.3, -0.25) is 4.98 Å². The molecule has 2 nitrogen and oxygen atoms in total. The Bertz CT molecular complexity index is 628. The molecular formula is C12H6ClF4NO. The lowest BCUT2D eigenvalue weighted by Gasteiger charge is -2.09. The fourth-order valence-electron chi connectivity index (χ4n) is 1.47. The molecule has 0 bridgehead atoms. The number of nitrogens with zero attached hydrogens (tertiary/aromatic N) is 1. The summed E-state index contributed by atoms with van der Waals surface area (Å²) < 4.78 is 50.2. The van der Waals surface area contributed by atoms with E-state index < -0.39 is 23.3 Å². The van der Waals surface area contributed by atoms with E-state index in [9.17, 15) is 22.7 Å². The number of hydrogen-bond acceptors (Lipinski definition) is 2. The molecule has 0 aliphatic rings. The second-order valence-corrected chi connectivity index (χ2v) is 4.13. The van der Waals surface area contributed by atoms with E-state index in [0.717, 1.165) is 18.2 Å². The maximum Gasteiger partial charge on any atom is 0.417 e. The Balaban J connectivity index is 2.49. The molecule has 2 aromatic rings. The van der Waals surface area contributed by atoms with Crippen molar-refractivity contribution in [2.24, 2.45) is 0 Å². The van der Waals surface area contributed by atoms with Gasteiger partial charge < -0.3 is 5.11 Å². The second kappa shape index (κ2) is 4.70. The van der Waals surface area contributed by atoms with E-state index in [0.29, 0.717) is 6.20 Å². The molecule has 0 saturated heterocycles. The lowest BCUT2D eigenvalue weighted by Crippen LogP contribution is -2.05. The summed E-state index contributed by atoms with van der Waals surface area (Å²) in [5, 5.41) is 8.97. The first kappa shape index (κ1) is 13.6. The highest BCUT2D eigenvalue weighted by molar-refractivity contribution is 6.33. The Morgan fingerprint density at radius 2 is 1.84 bits per heavy atom. The molecular weight excluding hydrogens is 286 g/mol. The minimum absolute atomic E-state index is 0.0324. The highest BCUT2D eigenvalue weighted by Crippen LogP contribution is 2.34. The van der Waals surface area contributed by atoms with E-state index >= 15 is 0 Å². The van der Waals surface area contributed by atoms with Crippen LogP contribution in [-0.2, 0) is 6.18 Å². The maximum absolute atomic E-state index is 12.9. The van der Waals surface area contributed by atoms with Gasteiger partial charge in [-0.1, -0.05) is 11.6 Å². The van der Waals surface area contributed by atoms with Crippen LogP contribution >= 0.6 is 11.6 Å². The molecule has 7 heteroatoms. The molecule has 0 radical (unpaired) electrons. The fourth-order valence-corrected chi connectivity index (χ4v) is 1.74. The summed E-state index contributed by atoms with van der Waals surface area (Å²) in [5.74, 6) is -1.47. The van der Waals surface area contributed by atoms with E-state index in [1.54, 1.807) is 0 Å². The predicted octanol–water partition coefficient (Wildman–Crippen LogP) is 4.27. The maximum atomic E-state index is 12.9.